The predicted molar refractivity (Wildman–Crippen MR) is 60.8 cm³/mol. The van der Waals surface area contributed by atoms with Gasteiger partial charge >= 0.3 is 0 Å². The summed E-state index contributed by atoms with van der Waals surface area (Å²) in [7, 11) is 0. The number of nitrogens with two attached hydrogens (primary N) is 1. The molecule has 2 N–H and O–H groups in total. The van der Waals surface area contributed by atoms with Crippen LogP contribution in [0.5, 0.6) is 0 Å². The van der Waals surface area contributed by atoms with Gasteiger partial charge in [0.15, 0.2) is 5.13 Å². The van der Waals surface area contributed by atoms with Crippen LogP contribution in [0, 0.1) is 12.8 Å². The first-order chi connectivity index (χ1) is 6.79. The first-order valence-corrected chi connectivity index (χ1v) is 6.04. The molecule has 0 spiro atoms. The van der Waals surface area contributed by atoms with Gasteiger partial charge in [-0.1, -0.05) is 0 Å². The number of aromatic nitrogens is 1. The van der Waals surface area contributed by atoms with E-state index in [1.807, 2.05) is 6.92 Å². The van der Waals surface area contributed by atoms with Crippen LogP contribution in [0.3, 0.4) is 0 Å². The summed E-state index contributed by atoms with van der Waals surface area (Å²) >= 11 is 1.74. The summed E-state index contributed by atoms with van der Waals surface area (Å²) < 4.78 is 0. The standard InChI is InChI=1S/C10H17N3S/c1-8-7-14-10(12-8)13-4-2-3-9(5-11)6-13/h7,9H,2-6,11H2,1H3. The van der Waals surface area contributed by atoms with E-state index < -0.39 is 0 Å². The van der Waals surface area contributed by atoms with Crippen molar-refractivity contribution in [1.82, 2.24) is 4.98 Å². The summed E-state index contributed by atoms with van der Waals surface area (Å²) in [4.78, 5) is 6.88. The third-order valence-electron chi connectivity index (χ3n) is 2.73. The van der Waals surface area contributed by atoms with Crippen LogP contribution in [-0.2, 0) is 0 Å². The maximum atomic E-state index is 5.71. The molecule has 0 amide bonds. The molecule has 1 aliphatic rings. The van der Waals surface area contributed by atoms with Crippen molar-refractivity contribution in [3.8, 4) is 0 Å². The van der Waals surface area contributed by atoms with Crippen molar-refractivity contribution in [2.75, 3.05) is 24.5 Å². The topological polar surface area (TPSA) is 42.1 Å². The van der Waals surface area contributed by atoms with E-state index in [-0.39, 0.29) is 0 Å². The van der Waals surface area contributed by atoms with E-state index in [9.17, 15) is 0 Å². The Morgan fingerprint density at radius 1 is 1.71 bits per heavy atom. The zero-order chi connectivity index (χ0) is 9.97. The zero-order valence-electron chi connectivity index (χ0n) is 8.57. The van der Waals surface area contributed by atoms with E-state index in [0.717, 1.165) is 25.3 Å². The Hall–Kier alpha value is -0.610. The monoisotopic (exact) mass is 211 g/mol. The van der Waals surface area contributed by atoms with Crippen molar-refractivity contribution in [3.05, 3.63) is 11.1 Å². The van der Waals surface area contributed by atoms with Crippen LogP contribution in [0.4, 0.5) is 5.13 Å². The molecule has 1 atom stereocenters. The van der Waals surface area contributed by atoms with E-state index in [4.69, 9.17) is 5.73 Å². The molecule has 2 heterocycles. The van der Waals surface area contributed by atoms with E-state index in [0.29, 0.717) is 5.92 Å². The summed E-state index contributed by atoms with van der Waals surface area (Å²) in [6.45, 7) is 5.08. The molecule has 0 saturated carbocycles. The Bertz CT molecular complexity index is 297. The highest BCUT2D eigenvalue weighted by atomic mass is 32.1. The van der Waals surface area contributed by atoms with Crippen molar-refractivity contribution in [1.29, 1.82) is 0 Å². The second-order valence-corrected chi connectivity index (χ2v) is 4.80. The van der Waals surface area contributed by atoms with E-state index >= 15 is 0 Å². The van der Waals surface area contributed by atoms with Crippen LogP contribution in [-0.4, -0.2) is 24.6 Å². The Kier molecular flexibility index (Phi) is 3.03. The Morgan fingerprint density at radius 2 is 2.57 bits per heavy atom. The smallest absolute Gasteiger partial charge is 0.185 e. The van der Waals surface area contributed by atoms with Gasteiger partial charge in [-0.3, -0.25) is 0 Å². The zero-order valence-corrected chi connectivity index (χ0v) is 9.39. The molecule has 4 heteroatoms. The Balaban J connectivity index is 2.04. The number of hydrogen-bond acceptors (Lipinski definition) is 4. The molecular weight excluding hydrogens is 194 g/mol. The lowest BCUT2D eigenvalue weighted by molar-refractivity contribution is 0.423. The average molecular weight is 211 g/mol. The molecule has 1 aromatic rings. The normalized spacial score (nSPS) is 22.7. The molecule has 2 rings (SSSR count). The third-order valence-corrected chi connectivity index (χ3v) is 3.75. The molecule has 14 heavy (non-hydrogen) atoms. The van der Waals surface area contributed by atoms with E-state index in [1.54, 1.807) is 11.3 Å². The maximum absolute atomic E-state index is 5.71. The highest BCUT2D eigenvalue weighted by Gasteiger charge is 2.20. The van der Waals surface area contributed by atoms with Crippen LogP contribution in [0.25, 0.3) is 0 Å². The van der Waals surface area contributed by atoms with Crippen LogP contribution < -0.4 is 10.6 Å². The molecule has 78 valence electrons. The van der Waals surface area contributed by atoms with Crippen molar-refractivity contribution in [2.45, 2.75) is 19.8 Å². The second kappa shape index (κ2) is 4.28. The van der Waals surface area contributed by atoms with Crippen LogP contribution in [0.1, 0.15) is 18.5 Å². The summed E-state index contributed by atoms with van der Waals surface area (Å²) in [5.41, 5.74) is 6.83. The lowest BCUT2D eigenvalue weighted by Gasteiger charge is -2.31. The van der Waals surface area contributed by atoms with Gasteiger partial charge in [-0.2, -0.15) is 0 Å². The highest BCUT2D eigenvalue weighted by molar-refractivity contribution is 7.13. The molecule has 0 aromatic carbocycles. The minimum atomic E-state index is 0.660. The fraction of sp³-hybridized carbons (Fsp3) is 0.700. The lowest BCUT2D eigenvalue weighted by Crippen LogP contribution is -2.38. The molecule has 1 aromatic heterocycles. The van der Waals surface area contributed by atoms with Crippen LogP contribution in [0.2, 0.25) is 0 Å². The van der Waals surface area contributed by atoms with Crippen LogP contribution >= 0.6 is 11.3 Å². The molecule has 1 unspecified atom stereocenters. The summed E-state index contributed by atoms with van der Waals surface area (Å²) in [6.07, 6.45) is 2.53. The summed E-state index contributed by atoms with van der Waals surface area (Å²) in [5.74, 6) is 0.660. The second-order valence-electron chi connectivity index (χ2n) is 3.96. The molecule has 0 aliphatic carbocycles. The Labute approximate surface area is 88.9 Å². The summed E-state index contributed by atoms with van der Waals surface area (Å²) in [6, 6.07) is 0. The first kappa shape index (κ1) is 9.93. The van der Waals surface area contributed by atoms with Gasteiger partial charge in [0.05, 0.1) is 5.69 Å². The van der Waals surface area contributed by atoms with Gasteiger partial charge in [-0.25, -0.2) is 4.98 Å². The highest BCUT2D eigenvalue weighted by Crippen LogP contribution is 2.25. The van der Waals surface area contributed by atoms with Crippen molar-refractivity contribution < 1.29 is 0 Å². The molecule has 1 saturated heterocycles. The molecule has 1 aliphatic heterocycles. The number of rotatable bonds is 2. The van der Waals surface area contributed by atoms with Crippen LogP contribution in [0.15, 0.2) is 5.38 Å². The van der Waals surface area contributed by atoms with Gasteiger partial charge in [0.1, 0.15) is 0 Å². The SMILES string of the molecule is Cc1csc(N2CCCC(CN)C2)n1. The number of piperidine rings is 1. The van der Waals surface area contributed by atoms with Gasteiger partial charge in [0.2, 0.25) is 0 Å². The number of anilines is 1. The van der Waals surface area contributed by atoms with Gasteiger partial charge in [-0.05, 0) is 32.2 Å². The third kappa shape index (κ3) is 2.07. The lowest BCUT2D eigenvalue weighted by atomic mass is 9.99. The number of hydrogen-bond donors (Lipinski definition) is 1. The fourth-order valence-corrected chi connectivity index (χ4v) is 2.76. The van der Waals surface area contributed by atoms with E-state index in [2.05, 4.69) is 15.3 Å². The van der Waals surface area contributed by atoms with Gasteiger partial charge in [-0.15, -0.1) is 11.3 Å². The molecular formula is C10H17N3S. The Morgan fingerprint density at radius 3 is 3.21 bits per heavy atom. The van der Waals surface area contributed by atoms with Gasteiger partial charge in [0.25, 0.3) is 0 Å². The minimum absolute atomic E-state index is 0.660. The van der Waals surface area contributed by atoms with Crippen molar-refractivity contribution in [2.24, 2.45) is 11.7 Å². The van der Waals surface area contributed by atoms with Crippen molar-refractivity contribution >= 4 is 16.5 Å². The molecule has 1 fully saturated rings. The van der Waals surface area contributed by atoms with Gasteiger partial charge in [0, 0.05) is 18.5 Å². The quantitative estimate of drug-likeness (QED) is 0.808. The van der Waals surface area contributed by atoms with Gasteiger partial charge < -0.3 is 10.6 Å². The fourth-order valence-electron chi connectivity index (χ4n) is 1.92. The number of nitrogens with zero attached hydrogens (tertiary/aromatic N) is 2. The average Bonchev–Trinajstić information content (AvgIpc) is 2.65. The van der Waals surface area contributed by atoms with Crippen molar-refractivity contribution in [3.63, 3.8) is 0 Å². The summed E-state index contributed by atoms with van der Waals surface area (Å²) in [5, 5.41) is 3.28. The maximum Gasteiger partial charge on any atom is 0.185 e. The number of aryl methyl sites for hydroxylation is 1. The largest absolute Gasteiger partial charge is 0.348 e. The predicted octanol–water partition coefficient (Wildman–Crippen LogP) is 1.63. The minimum Gasteiger partial charge on any atom is -0.348 e. The number of thiazole rings is 1. The van der Waals surface area contributed by atoms with E-state index in [1.165, 1.54) is 18.0 Å². The first-order valence-electron chi connectivity index (χ1n) is 5.16. The molecule has 0 bridgehead atoms. The molecule has 3 nitrogen and oxygen atoms in total. The molecule has 0 radical (unpaired) electrons.